The minimum absolute atomic E-state index is 0.0480. The highest BCUT2D eigenvalue weighted by Crippen LogP contribution is 2.64. The average molecular weight is 1240 g/mol. The highest BCUT2D eigenvalue weighted by molar-refractivity contribution is 5.92. The van der Waals surface area contributed by atoms with Crippen LogP contribution in [0.2, 0.25) is 0 Å². The zero-order chi connectivity index (χ0) is 62.9. The van der Waals surface area contributed by atoms with Gasteiger partial charge < -0.3 is 4.74 Å². The zero-order valence-electron chi connectivity index (χ0n) is 53.3. The number of aromatic nitrogens is 11. The minimum atomic E-state index is -1.39. The molecule has 7 unspecified atom stereocenters. The number of benzene rings is 3. The zero-order valence-corrected chi connectivity index (χ0v) is 53.3. The molecule has 11 aromatic rings. The molecule has 0 saturated heterocycles. The predicted molar refractivity (Wildman–Crippen MR) is 361 cm³/mol. The Labute approximate surface area is 540 Å². The number of ether oxygens (including phenoxy) is 1. The molecule has 3 aromatic carbocycles. The van der Waals surface area contributed by atoms with Gasteiger partial charge in [0.25, 0.3) is 0 Å². The number of pyridine rings is 5. The highest BCUT2D eigenvalue weighted by Gasteiger charge is 2.54. The predicted octanol–water partition coefficient (Wildman–Crippen LogP) is 16.7. The van der Waals surface area contributed by atoms with Crippen LogP contribution in [0.5, 0.6) is 0 Å². The Kier molecular flexibility index (Phi) is 13.8. The smallest absolute Gasteiger partial charge is 0.208 e. The van der Waals surface area contributed by atoms with Crippen molar-refractivity contribution >= 4 is 33.6 Å². The van der Waals surface area contributed by atoms with E-state index in [0.717, 1.165) is 138 Å². The largest absolute Gasteiger partial charge is 0.481 e. The van der Waals surface area contributed by atoms with Gasteiger partial charge in [-0.2, -0.15) is 15.3 Å². The second-order valence-corrected chi connectivity index (χ2v) is 28.2. The van der Waals surface area contributed by atoms with Crippen molar-refractivity contribution in [1.82, 2.24) is 59.3 Å². The van der Waals surface area contributed by atoms with Crippen LogP contribution in [0, 0.1) is 49.4 Å². The molecule has 93 heavy (non-hydrogen) atoms. The van der Waals surface area contributed by atoms with Crippen LogP contribution in [0.1, 0.15) is 110 Å². The van der Waals surface area contributed by atoms with Crippen LogP contribution < -0.4 is 5.43 Å². The van der Waals surface area contributed by atoms with Crippen LogP contribution in [-0.2, 0) is 24.4 Å². The monoisotopic (exact) mass is 1240 g/mol. The number of alkyl halides is 2. The summed E-state index contributed by atoms with van der Waals surface area (Å²) in [6.07, 6.45) is 25.6. The van der Waals surface area contributed by atoms with Crippen LogP contribution >= 0.6 is 0 Å². The van der Waals surface area contributed by atoms with Crippen LogP contribution in [0.3, 0.4) is 0 Å². The second kappa shape index (κ2) is 22.4. The number of rotatable bonds is 15. The van der Waals surface area contributed by atoms with E-state index >= 15 is 0 Å². The summed E-state index contributed by atoms with van der Waals surface area (Å²) >= 11 is 0. The second-order valence-electron chi connectivity index (χ2n) is 28.2. The summed E-state index contributed by atoms with van der Waals surface area (Å²) in [6.45, 7) is 8.31. The standard InChI is InChI=1S/C77H75F2N13O/c1-45-7-14-59(73(85-45)52-10-9-51-33-72(93-5)89(4)88-69(51)30-52)56-37-83-91(41-56)43-76-22-18-48(34-76)27-66(76)62-21-25-81-71-32-54(12-17-64(62)71)75-60(15-8-47(3)87-75)57-38-84-92(42-57)44-77-23-19-49(35-77)26-65(77)61-20-24-80-70-31-53(11-16-63(61)70)74-58(13-6-46(2)86-74)55-36-82-90(40-55)39-50-28-67(78)68(79)29-50/h6-17,20-21,24-25,30-33,36-38,40-42,48-50,65-68,88H,18-19,22-23,26-29,34-35,39,43-44H2,1-5H3/t48?,49?,50?,65?,66?,67-,68+,76?,77?. The minimum Gasteiger partial charge on any atom is -0.481 e. The van der Waals surface area contributed by atoms with Gasteiger partial charge in [-0.15, -0.1) is 0 Å². The topological polar surface area (TPSA) is 142 Å². The molecule has 4 bridgehead atoms. The van der Waals surface area contributed by atoms with E-state index < -0.39 is 12.3 Å². The summed E-state index contributed by atoms with van der Waals surface area (Å²) in [5.74, 6) is 2.76. The normalized spacial score (nSPS) is 24.5. The van der Waals surface area contributed by atoms with Crippen molar-refractivity contribution in [3.05, 3.63) is 192 Å². The number of hydrazine groups is 1. The summed E-state index contributed by atoms with van der Waals surface area (Å²) in [5.41, 5.74) is 25.1. The van der Waals surface area contributed by atoms with E-state index in [1.165, 1.54) is 60.4 Å². The SMILES string of the molecule is COC1=Cc2ccc(-c3nc(C)ccc3-c3cnn(CC45CCC(CC4c4ccnc6cc(-c7nc(C)ccc7-c7cnn(CC89CCC(CC8c8ccnc%10cc(-c%11nc(C)ccc%11-c%11cnn(CC%12C[C@@H](F)[C@@H](F)C%12)c%11)ccc8%10)C9)c7)ccc46)C5)c3)cc2NN1C. The molecular weight excluding hydrogens is 1160 g/mol. The van der Waals surface area contributed by atoms with Gasteiger partial charge in [-0.05, 0) is 185 Å². The molecule has 9 atom stereocenters. The van der Waals surface area contributed by atoms with E-state index in [-0.39, 0.29) is 29.6 Å². The fourth-order valence-corrected chi connectivity index (χ4v) is 17.9. The quantitative estimate of drug-likeness (QED) is 0.105. The van der Waals surface area contributed by atoms with Gasteiger partial charge >= 0.3 is 0 Å². The Balaban J connectivity index is 0.620. The molecule has 17 rings (SSSR count). The average Bonchev–Trinajstić information content (AvgIpc) is 1.62. The lowest BCUT2D eigenvalue weighted by atomic mass is 9.71. The number of nitrogens with zero attached hydrogens (tertiary/aromatic N) is 12. The summed E-state index contributed by atoms with van der Waals surface area (Å²) < 4.78 is 40.0. The van der Waals surface area contributed by atoms with Crippen molar-refractivity contribution in [2.45, 2.75) is 129 Å². The molecular formula is C77H75F2N13O. The van der Waals surface area contributed by atoms with Crippen LogP contribution in [0.4, 0.5) is 14.5 Å². The lowest BCUT2D eigenvalue weighted by Gasteiger charge is -2.36. The van der Waals surface area contributed by atoms with Gasteiger partial charge in [-0.1, -0.05) is 54.6 Å². The molecule has 0 radical (unpaired) electrons. The molecule has 5 fully saturated rings. The first-order chi connectivity index (χ1) is 45.3. The third-order valence-corrected chi connectivity index (χ3v) is 22.2. The summed E-state index contributed by atoms with van der Waals surface area (Å²) in [4.78, 5) is 25.6. The van der Waals surface area contributed by atoms with E-state index in [4.69, 9.17) is 39.9 Å². The van der Waals surface area contributed by atoms with E-state index in [1.807, 2.05) is 73.0 Å². The molecule has 6 aliphatic rings. The lowest BCUT2D eigenvalue weighted by Crippen LogP contribution is -2.29. The van der Waals surface area contributed by atoms with E-state index in [9.17, 15) is 8.78 Å². The lowest BCUT2D eigenvalue weighted by molar-refractivity contribution is 0.195. The van der Waals surface area contributed by atoms with Crippen molar-refractivity contribution in [2.24, 2.45) is 28.6 Å². The molecule has 16 heteroatoms. The Morgan fingerprint density at radius 2 is 1.00 bits per heavy atom. The summed E-state index contributed by atoms with van der Waals surface area (Å²) in [5, 5.41) is 19.2. The first kappa shape index (κ1) is 57.5. The number of aryl methyl sites for hydroxylation is 3. The molecule has 9 heterocycles. The summed E-state index contributed by atoms with van der Waals surface area (Å²) in [6, 6.07) is 37.2. The van der Waals surface area contributed by atoms with Gasteiger partial charge in [0.15, 0.2) is 0 Å². The molecule has 5 aliphatic carbocycles. The number of hydrogen-bond acceptors (Lipinski definition) is 11. The fraction of sp³-hybridized carbons (Fsp3) is 0.351. The van der Waals surface area contributed by atoms with Gasteiger partial charge in [0.05, 0.1) is 59.5 Å². The van der Waals surface area contributed by atoms with E-state index in [1.54, 1.807) is 7.11 Å². The Bertz CT molecular complexity index is 4790. The van der Waals surface area contributed by atoms with Gasteiger partial charge in [0.1, 0.15) is 12.3 Å². The number of nitrogens with one attached hydrogen (secondary N) is 1. The van der Waals surface area contributed by atoms with E-state index in [0.29, 0.717) is 30.2 Å². The van der Waals surface area contributed by atoms with Crippen LogP contribution in [0.25, 0.3) is 95.0 Å². The van der Waals surface area contributed by atoms with Crippen LogP contribution in [-0.4, -0.2) is 85.8 Å². The maximum Gasteiger partial charge on any atom is 0.208 e. The Morgan fingerprint density at radius 1 is 0.538 bits per heavy atom. The molecule has 5 saturated carbocycles. The van der Waals surface area contributed by atoms with Gasteiger partial charge in [-0.3, -0.25) is 49.4 Å². The van der Waals surface area contributed by atoms with Gasteiger partial charge in [0, 0.05) is 147 Å². The number of halogens is 2. The molecule has 8 aromatic heterocycles. The van der Waals surface area contributed by atoms with Gasteiger partial charge in [0.2, 0.25) is 5.88 Å². The Hall–Kier alpha value is -9.44. The maximum atomic E-state index is 14.1. The first-order valence-electron chi connectivity index (χ1n) is 33.3. The van der Waals surface area contributed by atoms with Crippen molar-refractivity contribution in [2.75, 3.05) is 19.6 Å². The molecule has 0 amide bonds. The third kappa shape index (κ3) is 10.2. The number of hydrogen-bond donors (Lipinski definition) is 1. The third-order valence-electron chi connectivity index (χ3n) is 22.2. The molecule has 14 nitrogen and oxygen atoms in total. The van der Waals surface area contributed by atoms with Crippen molar-refractivity contribution < 1.29 is 13.5 Å². The number of methoxy groups -OCH3 is 1. The van der Waals surface area contributed by atoms with Crippen molar-refractivity contribution in [1.29, 1.82) is 0 Å². The highest BCUT2D eigenvalue weighted by atomic mass is 19.2. The summed E-state index contributed by atoms with van der Waals surface area (Å²) in [7, 11) is 3.64. The van der Waals surface area contributed by atoms with Crippen molar-refractivity contribution in [3.63, 3.8) is 0 Å². The van der Waals surface area contributed by atoms with Gasteiger partial charge in [-0.25, -0.2) is 8.78 Å². The molecule has 1 aliphatic heterocycles. The fourth-order valence-electron chi connectivity index (χ4n) is 17.9. The Morgan fingerprint density at radius 3 is 1.48 bits per heavy atom. The maximum absolute atomic E-state index is 14.1. The molecule has 468 valence electrons. The number of anilines is 1. The van der Waals surface area contributed by atoms with Crippen molar-refractivity contribution in [3.8, 4) is 67.2 Å². The molecule has 0 spiro atoms. The first-order valence-corrected chi connectivity index (χ1v) is 33.3. The molecule has 1 N–H and O–H groups in total. The van der Waals surface area contributed by atoms with Crippen LogP contribution in [0.15, 0.2) is 159 Å². The number of fused-ring (bicyclic) bond motifs is 7. The van der Waals surface area contributed by atoms with E-state index in [2.05, 4.69) is 143 Å².